The van der Waals surface area contributed by atoms with Crippen LogP contribution in [0.3, 0.4) is 0 Å². The summed E-state index contributed by atoms with van der Waals surface area (Å²) in [6, 6.07) is 18.8. The van der Waals surface area contributed by atoms with Gasteiger partial charge in [-0.3, -0.25) is 4.90 Å². The standard InChI is InChI=1S/C28H29ClF3NO4/c29-22-9-7-21(8-10-22)28(37-17-19-4-2-1-3-5-19)12-13-33(14-23(35)16-34)15-25(28)36-18-20-6-11-24(30)27(32)26(20)31/h1-11,23,25,34-35H,12-18H2/t23?,25-,28-/m1/s1. The summed E-state index contributed by atoms with van der Waals surface area (Å²) in [5, 5.41) is 19.9. The van der Waals surface area contributed by atoms with Crippen molar-refractivity contribution in [3.05, 3.63) is 106 Å². The maximum absolute atomic E-state index is 14.4. The van der Waals surface area contributed by atoms with Gasteiger partial charge in [0.05, 0.1) is 25.9 Å². The minimum atomic E-state index is -1.55. The summed E-state index contributed by atoms with van der Waals surface area (Å²) in [6.07, 6.45) is -1.19. The lowest BCUT2D eigenvalue weighted by Gasteiger charge is -2.48. The third-order valence-corrected chi connectivity index (χ3v) is 6.90. The molecule has 2 N–H and O–H groups in total. The van der Waals surface area contributed by atoms with Gasteiger partial charge in [-0.05, 0) is 35.7 Å². The van der Waals surface area contributed by atoms with Gasteiger partial charge in [-0.25, -0.2) is 13.2 Å². The lowest BCUT2D eigenvalue weighted by Crippen LogP contribution is -2.57. The van der Waals surface area contributed by atoms with Gasteiger partial charge in [0.25, 0.3) is 0 Å². The summed E-state index contributed by atoms with van der Waals surface area (Å²) in [6.45, 7) is 0.546. The van der Waals surface area contributed by atoms with Gasteiger partial charge >= 0.3 is 0 Å². The third kappa shape index (κ3) is 6.52. The molecule has 1 saturated heterocycles. The topological polar surface area (TPSA) is 62.2 Å². The fraction of sp³-hybridized carbons (Fsp3) is 0.357. The van der Waals surface area contributed by atoms with E-state index in [0.717, 1.165) is 23.3 Å². The number of β-amino-alcohol motifs (C(OH)–C–C–N with tert-alkyl or cyclic N) is 1. The van der Waals surface area contributed by atoms with E-state index in [0.29, 0.717) is 18.0 Å². The van der Waals surface area contributed by atoms with Crippen LogP contribution in [0.5, 0.6) is 0 Å². The molecule has 3 aromatic carbocycles. The number of rotatable bonds is 10. The number of aliphatic hydroxyl groups excluding tert-OH is 2. The smallest absolute Gasteiger partial charge is 0.194 e. The summed E-state index contributed by atoms with van der Waals surface area (Å²) < 4.78 is 54.6. The monoisotopic (exact) mass is 535 g/mol. The lowest BCUT2D eigenvalue weighted by molar-refractivity contribution is -0.195. The molecule has 5 nitrogen and oxygen atoms in total. The van der Waals surface area contributed by atoms with Crippen molar-refractivity contribution in [3.8, 4) is 0 Å². The average Bonchev–Trinajstić information content (AvgIpc) is 2.92. The SMILES string of the molecule is OCC(O)CN1CC[C@@](OCc2ccccc2)(c2ccc(Cl)cc2)[C@H](OCc2ccc(F)c(F)c2F)C1. The third-order valence-electron chi connectivity index (χ3n) is 6.65. The van der Waals surface area contributed by atoms with Gasteiger partial charge in [-0.2, -0.15) is 0 Å². The van der Waals surface area contributed by atoms with Crippen LogP contribution in [0.25, 0.3) is 0 Å². The van der Waals surface area contributed by atoms with E-state index < -0.39 is 41.9 Å². The average molecular weight is 536 g/mol. The summed E-state index contributed by atoms with van der Waals surface area (Å²) in [5.74, 6) is -4.13. The lowest BCUT2D eigenvalue weighted by atomic mass is 9.81. The maximum Gasteiger partial charge on any atom is 0.194 e. The van der Waals surface area contributed by atoms with Crippen molar-refractivity contribution in [1.82, 2.24) is 4.90 Å². The van der Waals surface area contributed by atoms with Gasteiger partial charge in [-0.1, -0.05) is 60.1 Å². The Morgan fingerprint density at radius 1 is 0.973 bits per heavy atom. The van der Waals surface area contributed by atoms with Crippen LogP contribution in [0, 0.1) is 17.5 Å². The molecule has 0 spiro atoms. The number of hydrogen-bond acceptors (Lipinski definition) is 5. The van der Waals surface area contributed by atoms with E-state index in [4.69, 9.17) is 21.1 Å². The molecule has 0 amide bonds. The van der Waals surface area contributed by atoms with E-state index in [1.165, 1.54) is 0 Å². The molecule has 0 radical (unpaired) electrons. The van der Waals surface area contributed by atoms with Crippen LogP contribution in [0.1, 0.15) is 23.1 Å². The normalized spacial score (nSPS) is 21.2. The Labute approximate surface area is 219 Å². The Bertz CT molecular complexity index is 1170. The first-order chi connectivity index (χ1) is 17.8. The van der Waals surface area contributed by atoms with Crippen LogP contribution >= 0.6 is 11.6 Å². The molecule has 1 fully saturated rings. The highest BCUT2D eigenvalue weighted by molar-refractivity contribution is 6.30. The highest BCUT2D eigenvalue weighted by atomic mass is 35.5. The molecule has 1 unspecified atom stereocenters. The van der Waals surface area contributed by atoms with Gasteiger partial charge < -0.3 is 19.7 Å². The van der Waals surface area contributed by atoms with Crippen molar-refractivity contribution in [2.24, 2.45) is 0 Å². The van der Waals surface area contributed by atoms with E-state index in [2.05, 4.69) is 0 Å². The Kier molecular flexibility index (Phi) is 9.23. The van der Waals surface area contributed by atoms with Gasteiger partial charge in [0.2, 0.25) is 0 Å². The molecule has 0 saturated carbocycles. The molecule has 9 heteroatoms. The van der Waals surface area contributed by atoms with Crippen LogP contribution in [0.2, 0.25) is 5.02 Å². The molecule has 3 aromatic rings. The first kappa shape index (κ1) is 27.6. The van der Waals surface area contributed by atoms with Crippen LogP contribution in [0.15, 0.2) is 66.7 Å². The largest absolute Gasteiger partial charge is 0.394 e. The van der Waals surface area contributed by atoms with Crippen molar-refractivity contribution in [1.29, 1.82) is 0 Å². The van der Waals surface area contributed by atoms with E-state index >= 15 is 0 Å². The van der Waals surface area contributed by atoms with Crippen molar-refractivity contribution in [3.63, 3.8) is 0 Å². The minimum Gasteiger partial charge on any atom is -0.394 e. The molecule has 0 bridgehead atoms. The summed E-state index contributed by atoms with van der Waals surface area (Å²) in [5.41, 5.74) is 0.626. The molecule has 0 aromatic heterocycles. The summed E-state index contributed by atoms with van der Waals surface area (Å²) in [7, 11) is 0. The molecule has 1 heterocycles. The highest BCUT2D eigenvalue weighted by Crippen LogP contribution is 2.40. The second-order valence-corrected chi connectivity index (χ2v) is 9.59. The molecule has 1 aliphatic rings. The number of piperidine rings is 1. The van der Waals surface area contributed by atoms with Crippen LogP contribution in [0.4, 0.5) is 13.2 Å². The number of likely N-dealkylation sites (tertiary alicyclic amines) is 1. The first-order valence-electron chi connectivity index (χ1n) is 12.0. The molecule has 198 valence electrons. The number of aliphatic hydroxyl groups is 2. The van der Waals surface area contributed by atoms with E-state index in [-0.39, 0.29) is 31.9 Å². The van der Waals surface area contributed by atoms with Crippen molar-refractivity contribution < 1.29 is 32.9 Å². The fourth-order valence-electron chi connectivity index (χ4n) is 4.63. The first-order valence-corrected chi connectivity index (χ1v) is 12.4. The molecular weight excluding hydrogens is 507 g/mol. The number of halogens is 4. The molecule has 1 aliphatic heterocycles. The van der Waals surface area contributed by atoms with Crippen molar-refractivity contribution >= 4 is 11.6 Å². The number of ether oxygens (including phenoxy) is 2. The fourth-order valence-corrected chi connectivity index (χ4v) is 4.76. The van der Waals surface area contributed by atoms with E-state index in [1.807, 2.05) is 47.4 Å². The van der Waals surface area contributed by atoms with Crippen LogP contribution < -0.4 is 0 Å². The Balaban J connectivity index is 1.67. The second-order valence-electron chi connectivity index (χ2n) is 9.15. The summed E-state index contributed by atoms with van der Waals surface area (Å²) >= 11 is 6.15. The predicted molar refractivity (Wildman–Crippen MR) is 133 cm³/mol. The number of hydrogen-bond donors (Lipinski definition) is 2. The van der Waals surface area contributed by atoms with Gasteiger partial charge in [0.15, 0.2) is 17.5 Å². The maximum atomic E-state index is 14.4. The van der Waals surface area contributed by atoms with Crippen molar-refractivity contribution in [2.75, 3.05) is 26.2 Å². The highest BCUT2D eigenvalue weighted by Gasteiger charge is 2.47. The Hall–Kier alpha value is -2.46. The predicted octanol–water partition coefficient (Wildman–Crippen LogP) is 4.81. The van der Waals surface area contributed by atoms with Gasteiger partial charge in [0, 0.05) is 30.2 Å². The number of nitrogens with zero attached hydrogens (tertiary/aromatic N) is 1. The van der Waals surface area contributed by atoms with Gasteiger partial charge in [0.1, 0.15) is 11.7 Å². The van der Waals surface area contributed by atoms with E-state index in [1.54, 1.807) is 12.1 Å². The number of benzene rings is 3. The Morgan fingerprint density at radius 3 is 2.41 bits per heavy atom. The summed E-state index contributed by atoms with van der Waals surface area (Å²) in [4.78, 5) is 1.92. The zero-order valence-corrected chi connectivity index (χ0v) is 20.9. The molecule has 4 rings (SSSR count). The van der Waals surface area contributed by atoms with Crippen LogP contribution in [-0.4, -0.2) is 53.6 Å². The zero-order valence-electron chi connectivity index (χ0n) is 20.1. The van der Waals surface area contributed by atoms with Crippen LogP contribution in [-0.2, 0) is 28.3 Å². The Morgan fingerprint density at radius 2 is 1.70 bits per heavy atom. The minimum absolute atomic E-state index is 0.125. The molecule has 3 atom stereocenters. The quantitative estimate of drug-likeness (QED) is 0.365. The van der Waals surface area contributed by atoms with E-state index in [9.17, 15) is 23.4 Å². The second kappa shape index (κ2) is 12.4. The van der Waals surface area contributed by atoms with Crippen molar-refractivity contribution in [2.45, 2.75) is 37.4 Å². The van der Waals surface area contributed by atoms with Gasteiger partial charge in [-0.15, -0.1) is 0 Å². The molecular formula is C28H29ClF3NO4. The molecule has 0 aliphatic carbocycles. The molecule has 37 heavy (non-hydrogen) atoms. The zero-order chi connectivity index (χ0) is 26.4.